The Labute approximate surface area is 115 Å². The van der Waals surface area contributed by atoms with Crippen LogP contribution < -0.4 is 5.32 Å². The van der Waals surface area contributed by atoms with Crippen LogP contribution in [0.5, 0.6) is 0 Å². The molecular weight excluding hydrogens is 244 g/mol. The molecule has 0 saturated carbocycles. The predicted molar refractivity (Wildman–Crippen MR) is 73.6 cm³/mol. The Balaban J connectivity index is 2.78. The lowest BCUT2D eigenvalue weighted by Crippen LogP contribution is -2.64. The van der Waals surface area contributed by atoms with Crippen LogP contribution in [-0.2, 0) is 14.3 Å². The van der Waals surface area contributed by atoms with Crippen molar-refractivity contribution in [1.29, 1.82) is 0 Å². The van der Waals surface area contributed by atoms with Gasteiger partial charge in [-0.1, -0.05) is 13.8 Å². The number of hydrogen-bond acceptors (Lipinski definition) is 3. The summed E-state index contributed by atoms with van der Waals surface area (Å²) in [7, 11) is 1.66. The Morgan fingerprint density at radius 1 is 1.37 bits per heavy atom. The van der Waals surface area contributed by atoms with Gasteiger partial charge in [0.15, 0.2) is 0 Å². The minimum atomic E-state index is -0.408. The number of methoxy groups -OCH3 is 1. The van der Waals surface area contributed by atoms with E-state index >= 15 is 0 Å². The molecule has 1 N–H and O–H groups in total. The van der Waals surface area contributed by atoms with Crippen LogP contribution in [0.2, 0.25) is 0 Å². The second kappa shape index (κ2) is 5.90. The zero-order chi connectivity index (χ0) is 14.8. The second-order valence-corrected chi connectivity index (χ2v) is 6.15. The third-order valence-electron chi connectivity index (χ3n) is 3.87. The molecule has 0 aliphatic carbocycles. The molecule has 2 atom stereocenters. The zero-order valence-corrected chi connectivity index (χ0v) is 12.8. The molecule has 1 fully saturated rings. The third kappa shape index (κ3) is 3.69. The van der Waals surface area contributed by atoms with Crippen molar-refractivity contribution < 1.29 is 14.3 Å². The van der Waals surface area contributed by atoms with E-state index in [1.54, 1.807) is 18.9 Å². The summed E-state index contributed by atoms with van der Waals surface area (Å²) in [6.07, 6.45) is 0.706. The molecule has 0 aromatic carbocycles. The topological polar surface area (TPSA) is 58.6 Å². The van der Waals surface area contributed by atoms with Crippen LogP contribution in [0.4, 0.5) is 0 Å². The zero-order valence-electron chi connectivity index (χ0n) is 12.8. The molecule has 5 nitrogen and oxygen atoms in total. The maximum absolute atomic E-state index is 12.4. The summed E-state index contributed by atoms with van der Waals surface area (Å²) in [4.78, 5) is 26.0. The van der Waals surface area contributed by atoms with Gasteiger partial charge in [-0.3, -0.25) is 9.59 Å². The summed E-state index contributed by atoms with van der Waals surface area (Å²) in [6, 6.07) is -0.815. The van der Waals surface area contributed by atoms with Gasteiger partial charge in [0.2, 0.25) is 11.8 Å². The summed E-state index contributed by atoms with van der Waals surface area (Å²) >= 11 is 0. The highest BCUT2D eigenvalue weighted by atomic mass is 16.5. The normalized spacial score (nSPS) is 24.9. The SMILES string of the molecule is COC(C)(C)CCN1C(=O)C(C(C)C)NC(=O)C1C. The fraction of sp³-hybridized carbons (Fsp3) is 0.857. The molecule has 2 amide bonds. The second-order valence-electron chi connectivity index (χ2n) is 6.15. The molecule has 1 saturated heterocycles. The van der Waals surface area contributed by atoms with Crippen molar-refractivity contribution in [2.75, 3.05) is 13.7 Å². The smallest absolute Gasteiger partial charge is 0.246 e. The number of rotatable bonds is 5. The average molecular weight is 270 g/mol. The Morgan fingerprint density at radius 2 is 1.95 bits per heavy atom. The number of amides is 2. The van der Waals surface area contributed by atoms with Gasteiger partial charge in [0.25, 0.3) is 0 Å². The maximum Gasteiger partial charge on any atom is 0.246 e. The molecule has 0 aromatic heterocycles. The van der Waals surface area contributed by atoms with Crippen molar-refractivity contribution in [2.24, 2.45) is 5.92 Å². The van der Waals surface area contributed by atoms with E-state index in [4.69, 9.17) is 4.74 Å². The van der Waals surface area contributed by atoms with E-state index in [0.29, 0.717) is 13.0 Å². The summed E-state index contributed by atoms with van der Waals surface area (Å²) in [5, 5.41) is 2.80. The molecular formula is C14H26N2O3. The van der Waals surface area contributed by atoms with Gasteiger partial charge in [0.05, 0.1) is 5.60 Å². The first-order valence-corrected chi connectivity index (χ1v) is 6.85. The fourth-order valence-corrected chi connectivity index (χ4v) is 2.09. The molecule has 1 aliphatic rings. The van der Waals surface area contributed by atoms with Crippen molar-refractivity contribution in [1.82, 2.24) is 10.2 Å². The Hall–Kier alpha value is -1.10. The van der Waals surface area contributed by atoms with E-state index < -0.39 is 12.1 Å². The molecule has 1 rings (SSSR count). The van der Waals surface area contributed by atoms with E-state index in [2.05, 4.69) is 5.32 Å². The summed E-state index contributed by atoms with van der Waals surface area (Å²) in [6.45, 7) is 10.1. The summed E-state index contributed by atoms with van der Waals surface area (Å²) in [5.41, 5.74) is -0.290. The standard InChI is InChI=1S/C14H26N2O3/c1-9(2)11-13(18)16(10(3)12(17)15-11)8-7-14(4,5)19-6/h9-11H,7-8H2,1-6H3,(H,15,17). The van der Waals surface area contributed by atoms with Crippen molar-refractivity contribution >= 4 is 11.8 Å². The summed E-state index contributed by atoms with van der Waals surface area (Å²) < 4.78 is 5.36. The van der Waals surface area contributed by atoms with Gasteiger partial charge in [0.1, 0.15) is 12.1 Å². The van der Waals surface area contributed by atoms with Crippen LogP contribution in [0.1, 0.15) is 41.0 Å². The van der Waals surface area contributed by atoms with E-state index in [1.165, 1.54) is 0 Å². The van der Waals surface area contributed by atoms with Gasteiger partial charge in [0, 0.05) is 13.7 Å². The maximum atomic E-state index is 12.4. The molecule has 5 heteroatoms. The largest absolute Gasteiger partial charge is 0.379 e. The number of ether oxygens (including phenoxy) is 1. The van der Waals surface area contributed by atoms with Crippen molar-refractivity contribution in [3.05, 3.63) is 0 Å². The van der Waals surface area contributed by atoms with Gasteiger partial charge >= 0.3 is 0 Å². The van der Waals surface area contributed by atoms with Crippen LogP contribution in [0, 0.1) is 5.92 Å². The van der Waals surface area contributed by atoms with Crippen LogP contribution in [0.15, 0.2) is 0 Å². The molecule has 1 aliphatic heterocycles. The van der Waals surface area contributed by atoms with Crippen LogP contribution >= 0.6 is 0 Å². The quantitative estimate of drug-likeness (QED) is 0.816. The van der Waals surface area contributed by atoms with E-state index in [-0.39, 0.29) is 23.3 Å². The van der Waals surface area contributed by atoms with Gasteiger partial charge < -0.3 is 15.0 Å². The van der Waals surface area contributed by atoms with Crippen molar-refractivity contribution in [3.8, 4) is 0 Å². The molecule has 0 bridgehead atoms. The highest BCUT2D eigenvalue weighted by Gasteiger charge is 2.39. The molecule has 2 unspecified atom stereocenters. The highest BCUT2D eigenvalue weighted by Crippen LogP contribution is 2.19. The molecule has 0 spiro atoms. The van der Waals surface area contributed by atoms with Crippen molar-refractivity contribution in [3.63, 3.8) is 0 Å². The lowest BCUT2D eigenvalue weighted by molar-refractivity contribution is -0.150. The van der Waals surface area contributed by atoms with E-state index in [1.807, 2.05) is 27.7 Å². The van der Waals surface area contributed by atoms with Crippen molar-refractivity contribution in [2.45, 2.75) is 58.7 Å². The van der Waals surface area contributed by atoms with Gasteiger partial charge in [-0.05, 0) is 33.1 Å². The molecule has 0 radical (unpaired) electrons. The Morgan fingerprint density at radius 3 is 2.42 bits per heavy atom. The minimum absolute atomic E-state index is 0.00834. The molecule has 0 aromatic rings. The highest BCUT2D eigenvalue weighted by molar-refractivity contribution is 5.96. The lowest BCUT2D eigenvalue weighted by atomic mass is 9.97. The average Bonchev–Trinajstić information content (AvgIpc) is 2.33. The number of carbonyl (C=O) groups is 2. The van der Waals surface area contributed by atoms with Crippen LogP contribution in [0.3, 0.4) is 0 Å². The lowest BCUT2D eigenvalue weighted by Gasteiger charge is -2.40. The first-order valence-electron chi connectivity index (χ1n) is 6.85. The Bertz CT molecular complexity index is 353. The molecule has 110 valence electrons. The van der Waals surface area contributed by atoms with Gasteiger partial charge in [-0.15, -0.1) is 0 Å². The number of hydrogen-bond donors (Lipinski definition) is 1. The van der Waals surface area contributed by atoms with Crippen LogP contribution in [-0.4, -0.2) is 48.1 Å². The summed E-state index contributed by atoms with van der Waals surface area (Å²) in [5.74, 6) is 0.0319. The monoisotopic (exact) mass is 270 g/mol. The minimum Gasteiger partial charge on any atom is -0.379 e. The van der Waals surface area contributed by atoms with Gasteiger partial charge in [-0.25, -0.2) is 0 Å². The first-order chi connectivity index (χ1) is 8.69. The predicted octanol–water partition coefficient (Wildman–Crippen LogP) is 1.17. The molecule has 19 heavy (non-hydrogen) atoms. The number of nitrogens with one attached hydrogen (secondary N) is 1. The first kappa shape index (κ1) is 16.0. The molecule has 1 heterocycles. The number of nitrogens with zero attached hydrogens (tertiary/aromatic N) is 1. The van der Waals surface area contributed by atoms with E-state index in [9.17, 15) is 9.59 Å². The number of piperazine rings is 1. The fourth-order valence-electron chi connectivity index (χ4n) is 2.09. The third-order valence-corrected chi connectivity index (χ3v) is 3.87. The van der Waals surface area contributed by atoms with Crippen LogP contribution in [0.25, 0.3) is 0 Å². The van der Waals surface area contributed by atoms with E-state index in [0.717, 1.165) is 0 Å². The van der Waals surface area contributed by atoms with Gasteiger partial charge in [-0.2, -0.15) is 0 Å². The Kier molecular flexibility index (Phi) is 4.96. The number of carbonyl (C=O) groups excluding carboxylic acids is 2.